The minimum Gasteiger partial charge on any atom is -0.314 e. The number of piperidine rings is 1. The van der Waals surface area contributed by atoms with Crippen LogP contribution in [0.4, 0.5) is 0 Å². The molecule has 1 N–H and O–H groups in total. The van der Waals surface area contributed by atoms with Gasteiger partial charge in [-0.1, -0.05) is 26.7 Å². The first-order valence-corrected chi connectivity index (χ1v) is 5.04. The molecular weight excluding hydrogens is 134 g/mol. The summed E-state index contributed by atoms with van der Waals surface area (Å²) in [6, 6.07) is 0.875. The van der Waals surface area contributed by atoms with Crippen molar-refractivity contribution >= 4 is 0 Å². The topological polar surface area (TPSA) is 12.0 Å². The Morgan fingerprint density at radius 1 is 1.36 bits per heavy atom. The first-order valence-electron chi connectivity index (χ1n) is 5.04. The molecule has 1 aliphatic carbocycles. The highest BCUT2D eigenvalue weighted by atomic mass is 15.0. The molecular formula is C10H19N. The molecule has 1 heteroatoms. The van der Waals surface area contributed by atoms with Crippen LogP contribution in [-0.4, -0.2) is 12.6 Å². The van der Waals surface area contributed by atoms with Gasteiger partial charge in [-0.3, -0.25) is 0 Å². The van der Waals surface area contributed by atoms with E-state index >= 15 is 0 Å². The number of hydrogen-bond acceptors (Lipinski definition) is 1. The van der Waals surface area contributed by atoms with Crippen molar-refractivity contribution in [1.29, 1.82) is 0 Å². The van der Waals surface area contributed by atoms with E-state index in [0.717, 1.165) is 17.4 Å². The van der Waals surface area contributed by atoms with E-state index in [2.05, 4.69) is 19.2 Å². The monoisotopic (exact) mass is 153 g/mol. The van der Waals surface area contributed by atoms with Crippen LogP contribution in [0.3, 0.4) is 0 Å². The van der Waals surface area contributed by atoms with Crippen LogP contribution in [0.15, 0.2) is 0 Å². The first kappa shape index (κ1) is 7.60. The Balaban J connectivity index is 2.14. The van der Waals surface area contributed by atoms with E-state index in [1.807, 2.05) is 0 Å². The molecule has 1 aliphatic heterocycles. The molecule has 2 atom stereocenters. The van der Waals surface area contributed by atoms with Crippen LogP contribution < -0.4 is 5.32 Å². The summed E-state index contributed by atoms with van der Waals surface area (Å²) >= 11 is 0. The zero-order valence-corrected chi connectivity index (χ0v) is 7.69. The molecule has 64 valence electrons. The Morgan fingerprint density at radius 3 is 2.36 bits per heavy atom. The second kappa shape index (κ2) is 2.48. The van der Waals surface area contributed by atoms with Gasteiger partial charge in [-0.05, 0) is 30.7 Å². The molecule has 0 aromatic rings. The highest BCUT2D eigenvalue weighted by molar-refractivity contribution is 5.02. The lowest BCUT2D eigenvalue weighted by molar-refractivity contribution is 0.160. The number of fused-ring (bicyclic) bond motifs is 2. The highest BCUT2D eigenvalue weighted by Crippen LogP contribution is 2.51. The van der Waals surface area contributed by atoms with E-state index in [9.17, 15) is 0 Å². The van der Waals surface area contributed by atoms with Crippen LogP contribution in [0.2, 0.25) is 0 Å². The summed E-state index contributed by atoms with van der Waals surface area (Å²) in [5, 5.41) is 3.58. The Kier molecular flexibility index (Phi) is 1.71. The molecule has 2 fully saturated rings. The average molecular weight is 153 g/mol. The van der Waals surface area contributed by atoms with Gasteiger partial charge in [0.15, 0.2) is 0 Å². The van der Waals surface area contributed by atoms with Crippen molar-refractivity contribution in [3.8, 4) is 0 Å². The number of hydrogen-bond donors (Lipinski definition) is 1. The van der Waals surface area contributed by atoms with Gasteiger partial charge >= 0.3 is 0 Å². The lowest BCUT2D eigenvalue weighted by Crippen LogP contribution is -2.37. The lowest BCUT2D eigenvalue weighted by atomic mass is 9.72. The van der Waals surface area contributed by atoms with Gasteiger partial charge in [0.2, 0.25) is 0 Å². The summed E-state index contributed by atoms with van der Waals surface area (Å²) in [7, 11) is 0. The summed E-state index contributed by atoms with van der Waals surface area (Å²) in [5.41, 5.74) is 0.732. The fraction of sp³-hybridized carbons (Fsp3) is 1.00. The van der Waals surface area contributed by atoms with Crippen LogP contribution in [0, 0.1) is 11.3 Å². The molecule has 11 heavy (non-hydrogen) atoms. The first-order chi connectivity index (χ1) is 5.30. The Morgan fingerprint density at radius 2 is 2.09 bits per heavy atom. The minimum atomic E-state index is 0.732. The van der Waals surface area contributed by atoms with Crippen LogP contribution in [0.25, 0.3) is 0 Å². The standard InChI is InChI=1S/C10H19N/c1-3-10(4-2)6-9-5-8(10)7-11-9/h8-9,11H,3-7H2,1-2H3/t8-,9-/m0/s1. The quantitative estimate of drug-likeness (QED) is 0.641. The molecule has 1 saturated carbocycles. The molecule has 0 radical (unpaired) electrons. The lowest BCUT2D eigenvalue weighted by Gasteiger charge is -2.36. The molecule has 0 aromatic carbocycles. The fourth-order valence-corrected chi connectivity index (χ4v) is 3.21. The Hall–Kier alpha value is -0.0400. The van der Waals surface area contributed by atoms with Crippen molar-refractivity contribution in [1.82, 2.24) is 5.32 Å². The van der Waals surface area contributed by atoms with Crippen LogP contribution in [0.1, 0.15) is 39.5 Å². The van der Waals surface area contributed by atoms with E-state index < -0.39 is 0 Å². The van der Waals surface area contributed by atoms with Gasteiger partial charge < -0.3 is 5.32 Å². The molecule has 0 aromatic heterocycles. The molecule has 0 amide bonds. The van der Waals surface area contributed by atoms with E-state index in [1.54, 1.807) is 0 Å². The predicted octanol–water partition coefficient (Wildman–Crippen LogP) is 2.17. The molecule has 1 saturated heterocycles. The molecule has 0 spiro atoms. The SMILES string of the molecule is CCC1(CC)C[C@@H]2C[C@H]1CN2. The summed E-state index contributed by atoms with van der Waals surface area (Å²) in [6.07, 6.45) is 5.70. The van der Waals surface area contributed by atoms with E-state index in [-0.39, 0.29) is 0 Å². The molecule has 1 nitrogen and oxygen atoms in total. The Labute approximate surface area is 69.6 Å². The summed E-state index contributed by atoms with van der Waals surface area (Å²) in [5.74, 6) is 1.00. The molecule has 1 heterocycles. The molecule has 2 aliphatic rings. The van der Waals surface area contributed by atoms with Crippen molar-refractivity contribution in [2.45, 2.75) is 45.6 Å². The van der Waals surface area contributed by atoms with Gasteiger partial charge in [-0.2, -0.15) is 0 Å². The average Bonchev–Trinajstić information content (AvgIpc) is 2.62. The zero-order chi connectivity index (χ0) is 7.90. The molecule has 2 rings (SSSR count). The van der Waals surface area contributed by atoms with Crippen LogP contribution in [-0.2, 0) is 0 Å². The zero-order valence-electron chi connectivity index (χ0n) is 7.69. The van der Waals surface area contributed by atoms with Crippen molar-refractivity contribution in [3.63, 3.8) is 0 Å². The van der Waals surface area contributed by atoms with Gasteiger partial charge in [0.05, 0.1) is 0 Å². The van der Waals surface area contributed by atoms with Gasteiger partial charge in [0.25, 0.3) is 0 Å². The van der Waals surface area contributed by atoms with E-state index in [0.29, 0.717) is 0 Å². The van der Waals surface area contributed by atoms with Crippen molar-refractivity contribution in [2.75, 3.05) is 6.54 Å². The van der Waals surface area contributed by atoms with Gasteiger partial charge in [-0.25, -0.2) is 0 Å². The van der Waals surface area contributed by atoms with E-state index in [4.69, 9.17) is 0 Å². The van der Waals surface area contributed by atoms with Gasteiger partial charge in [0, 0.05) is 6.04 Å². The second-order valence-electron chi connectivity index (χ2n) is 4.31. The largest absolute Gasteiger partial charge is 0.314 e. The minimum absolute atomic E-state index is 0.732. The predicted molar refractivity (Wildman–Crippen MR) is 47.5 cm³/mol. The van der Waals surface area contributed by atoms with Crippen molar-refractivity contribution in [2.24, 2.45) is 11.3 Å². The fourth-order valence-electron chi connectivity index (χ4n) is 3.21. The summed E-state index contributed by atoms with van der Waals surface area (Å²) in [4.78, 5) is 0. The highest BCUT2D eigenvalue weighted by Gasteiger charge is 2.48. The smallest absolute Gasteiger partial charge is 0.00758 e. The van der Waals surface area contributed by atoms with Crippen molar-refractivity contribution in [3.05, 3.63) is 0 Å². The third-order valence-corrected chi connectivity index (χ3v) is 4.15. The van der Waals surface area contributed by atoms with Gasteiger partial charge in [0.1, 0.15) is 0 Å². The summed E-state index contributed by atoms with van der Waals surface area (Å²) < 4.78 is 0. The maximum absolute atomic E-state index is 3.58. The molecule has 0 unspecified atom stereocenters. The number of nitrogens with one attached hydrogen (secondary N) is 1. The molecule has 2 bridgehead atoms. The maximum atomic E-state index is 3.58. The maximum Gasteiger partial charge on any atom is 0.00758 e. The number of rotatable bonds is 2. The summed E-state index contributed by atoms with van der Waals surface area (Å²) in [6.45, 7) is 6.03. The third-order valence-electron chi connectivity index (χ3n) is 4.15. The van der Waals surface area contributed by atoms with Crippen molar-refractivity contribution < 1.29 is 0 Å². The third kappa shape index (κ3) is 0.936. The second-order valence-corrected chi connectivity index (χ2v) is 4.31. The van der Waals surface area contributed by atoms with Crippen LogP contribution in [0.5, 0.6) is 0 Å². The normalized spacial score (nSPS) is 39.8. The van der Waals surface area contributed by atoms with E-state index in [1.165, 1.54) is 32.2 Å². The Bertz CT molecular complexity index is 149. The van der Waals surface area contributed by atoms with Gasteiger partial charge in [-0.15, -0.1) is 0 Å². The van der Waals surface area contributed by atoms with Crippen LogP contribution >= 0.6 is 0 Å².